The van der Waals surface area contributed by atoms with Crippen molar-refractivity contribution in [2.24, 2.45) is 0 Å². The Morgan fingerprint density at radius 2 is 1.74 bits per heavy atom. The van der Waals surface area contributed by atoms with Gasteiger partial charge in [-0.25, -0.2) is 4.98 Å². The lowest BCUT2D eigenvalue weighted by Crippen LogP contribution is -2.15. The molecule has 1 aliphatic carbocycles. The SMILES string of the molecule is COc1ccc(C2(c3nnc4ncc(-c5ccc(Cl)cc5)nn34)CC2)cc1. The third-order valence-corrected chi connectivity index (χ3v) is 5.35. The van der Waals surface area contributed by atoms with Gasteiger partial charge in [-0.1, -0.05) is 35.9 Å². The molecule has 0 spiro atoms. The van der Waals surface area contributed by atoms with Crippen molar-refractivity contribution in [3.8, 4) is 17.0 Å². The largest absolute Gasteiger partial charge is 0.497 e. The fourth-order valence-electron chi connectivity index (χ4n) is 3.42. The highest BCUT2D eigenvalue weighted by molar-refractivity contribution is 6.30. The number of nitrogens with zero attached hydrogens (tertiary/aromatic N) is 5. The van der Waals surface area contributed by atoms with E-state index in [0.29, 0.717) is 10.8 Å². The molecule has 0 atom stereocenters. The summed E-state index contributed by atoms with van der Waals surface area (Å²) in [5.41, 5.74) is 2.73. The molecular formula is C20H16ClN5O. The lowest BCUT2D eigenvalue weighted by atomic mass is 9.95. The fourth-order valence-corrected chi connectivity index (χ4v) is 3.55. The van der Waals surface area contributed by atoms with E-state index in [9.17, 15) is 0 Å². The van der Waals surface area contributed by atoms with Crippen molar-refractivity contribution >= 4 is 17.4 Å². The number of hydrogen-bond acceptors (Lipinski definition) is 5. The van der Waals surface area contributed by atoms with Crippen LogP contribution >= 0.6 is 11.6 Å². The van der Waals surface area contributed by atoms with Crippen LogP contribution in [0.4, 0.5) is 0 Å². The van der Waals surface area contributed by atoms with E-state index in [1.54, 1.807) is 17.8 Å². The van der Waals surface area contributed by atoms with Crippen LogP contribution in [0.3, 0.4) is 0 Å². The number of benzene rings is 2. The molecular weight excluding hydrogens is 362 g/mol. The van der Waals surface area contributed by atoms with Crippen molar-refractivity contribution in [3.63, 3.8) is 0 Å². The van der Waals surface area contributed by atoms with Crippen molar-refractivity contribution in [3.05, 3.63) is 71.1 Å². The second-order valence-corrected chi connectivity index (χ2v) is 7.13. The summed E-state index contributed by atoms with van der Waals surface area (Å²) in [4.78, 5) is 4.44. The van der Waals surface area contributed by atoms with Gasteiger partial charge in [0.1, 0.15) is 11.4 Å². The minimum absolute atomic E-state index is 0.168. The molecule has 1 fully saturated rings. The number of hydrogen-bond donors (Lipinski definition) is 0. The Morgan fingerprint density at radius 3 is 2.41 bits per heavy atom. The van der Waals surface area contributed by atoms with Crippen LogP contribution in [-0.2, 0) is 5.41 Å². The first-order chi connectivity index (χ1) is 13.2. The molecule has 7 heteroatoms. The molecule has 1 aliphatic rings. The first kappa shape index (κ1) is 16.2. The summed E-state index contributed by atoms with van der Waals surface area (Å²) in [6, 6.07) is 15.7. The molecule has 27 heavy (non-hydrogen) atoms. The number of rotatable bonds is 4. The molecule has 4 aromatic rings. The molecule has 6 nitrogen and oxygen atoms in total. The third kappa shape index (κ3) is 2.64. The smallest absolute Gasteiger partial charge is 0.271 e. The van der Waals surface area contributed by atoms with Crippen molar-refractivity contribution in [2.45, 2.75) is 18.3 Å². The van der Waals surface area contributed by atoms with Crippen molar-refractivity contribution in [1.82, 2.24) is 24.8 Å². The second-order valence-electron chi connectivity index (χ2n) is 6.70. The van der Waals surface area contributed by atoms with Gasteiger partial charge in [0.15, 0.2) is 5.82 Å². The number of methoxy groups -OCH3 is 1. The summed E-state index contributed by atoms with van der Waals surface area (Å²) in [6.45, 7) is 0. The summed E-state index contributed by atoms with van der Waals surface area (Å²) < 4.78 is 7.04. The van der Waals surface area contributed by atoms with Crippen LogP contribution in [0, 0.1) is 0 Å². The summed E-state index contributed by atoms with van der Waals surface area (Å²) in [5.74, 6) is 2.17. The maximum atomic E-state index is 5.99. The van der Waals surface area contributed by atoms with Gasteiger partial charge < -0.3 is 4.74 Å². The fraction of sp³-hybridized carbons (Fsp3) is 0.200. The van der Waals surface area contributed by atoms with Crippen LogP contribution in [0.2, 0.25) is 5.02 Å². The number of fused-ring (bicyclic) bond motifs is 1. The van der Waals surface area contributed by atoms with Gasteiger partial charge in [-0.15, -0.1) is 10.2 Å². The summed E-state index contributed by atoms with van der Waals surface area (Å²) >= 11 is 5.99. The van der Waals surface area contributed by atoms with Crippen LogP contribution in [0.1, 0.15) is 24.2 Å². The van der Waals surface area contributed by atoms with Crippen molar-refractivity contribution < 1.29 is 4.74 Å². The van der Waals surface area contributed by atoms with E-state index in [-0.39, 0.29) is 5.41 Å². The van der Waals surface area contributed by atoms with Crippen LogP contribution in [0.15, 0.2) is 54.7 Å². The molecule has 0 N–H and O–H groups in total. The standard InChI is InChI=1S/C20H16ClN5O/c1-27-16-8-4-14(5-9-16)20(10-11-20)18-23-24-19-22-12-17(25-26(18)19)13-2-6-15(21)7-3-13/h2-9,12H,10-11H2,1H3. The Balaban J connectivity index is 1.60. The number of ether oxygens (including phenoxy) is 1. The maximum absolute atomic E-state index is 5.99. The minimum Gasteiger partial charge on any atom is -0.497 e. The first-order valence-corrected chi connectivity index (χ1v) is 9.07. The molecule has 1 saturated carbocycles. The van der Waals surface area contributed by atoms with Crippen LogP contribution in [0.25, 0.3) is 17.0 Å². The van der Waals surface area contributed by atoms with Gasteiger partial charge in [0.05, 0.1) is 18.7 Å². The molecule has 0 saturated heterocycles. The highest BCUT2D eigenvalue weighted by Crippen LogP contribution is 2.52. The maximum Gasteiger partial charge on any atom is 0.271 e. The average molecular weight is 378 g/mol. The predicted molar refractivity (Wildman–Crippen MR) is 102 cm³/mol. The Bertz CT molecular complexity index is 1120. The Kier molecular flexibility index (Phi) is 3.62. The predicted octanol–water partition coefficient (Wildman–Crippen LogP) is 3.93. The number of aromatic nitrogens is 5. The third-order valence-electron chi connectivity index (χ3n) is 5.09. The van der Waals surface area contributed by atoms with Gasteiger partial charge in [-0.2, -0.15) is 9.61 Å². The molecule has 0 unspecified atom stereocenters. The molecule has 2 aromatic heterocycles. The minimum atomic E-state index is -0.168. The molecule has 2 heterocycles. The van der Waals surface area contributed by atoms with Gasteiger partial charge in [-0.3, -0.25) is 0 Å². The normalized spacial score (nSPS) is 15.0. The quantitative estimate of drug-likeness (QED) is 0.539. The number of halogens is 1. The molecule has 0 amide bonds. The Hall–Kier alpha value is -2.99. The van der Waals surface area contributed by atoms with Crippen LogP contribution in [0.5, 0.6) is 5.75 Å². The highest BCUT2D eigenvalue weighted by atomic mass is 35.5. The van der Waals surface area contributed by atoms with Gasteiger partial charge in [-0.05, 0) is 42.7 Å². The van der Waals surface area contributed by atoms with E-state index >= 15 is 0 Å². The van der Waals surface area contributed by atoms with Gasteiger partial charge >= 0.3 is 0 Å². The van der Waals surface area contributed by atoms with E-state index in [0.717, 1.165) is 35.7 Å². The molecule has 134 valence electrons. The molecule has 0 bridgehead atoms. The van der Waals surface area contributed by atoms with E-state index in [2.05, 4.69) is 27.3 Å². The van der Waals surface area contributed by atoms with Crippen LogP contribution in [-0.4, -0.2) is 31.9 Å². The first-order valence-electron chi connectivity index (χ1n) is 8.69. The zero-order valence-corrected chi connectivity index (χ0v) is 15.4. The summed E-state index contributed by atoms with van der Waals surface area (Å²) in [6.07, 6.45) is 3.73. The van der Waals surface area contributed by atoms with Gasteiger partial charge in [0.25, 0.3) is 5.78 Å². The Labute approximate surface area is 160 Å². The lowest BCUT2D eigenvalue weighted by Gasteiger charge is -2.14. The van der Waals surface area contributed by atoms with Crippen molar-refractivity contribution in [1.29, 1.82) is 0 Å². The average Bonchev–Trinajstić information content (AvgIpc) is 3.41. The van der Waals surface area contributed by atoms with E-state index in [1.807, 2.05) is 36.4 Å². The summed E-state index contributed by atoms with van der Waals surface area (Å²) in [7, 11) is 1.67. The zero-order chi connectivity index (χ0) is 18.4. The van der Waals surface area contributed by atoms with Gasteiger partial charge in [0.2, 0.25) is 0 Å². The topological polar surface area (TPSA) is 65.2 Å². The monoisotopic (exact) mass is 377 g/mol. The zero-order valence-electron chi connectivity index (χ0n) is 14.6. The lowest BCUT2D eigenvalue weighted by molar-refractivity contribution is 0.414. The molecule has 5 rings (SSSR count). The molecule has 0 aliphatic heterocycles. The van der Waals surface area contributed by atoms with E-state index in [1.165, 1.54) is 5.56 Å². The second kappa shape index (κ2) is 6.03. The molecule has 2 aromatic carbocycles. The van der Waals surface area contributed by atoms with Gasteiger partial charge in [0, 0.05) is 10.6 Å². The summed E-state index contributed by atoms with van der Waals surface area (Å²) in [5, 5.41) is 14.1. The van der Waals surface area contributed by atoms with E-state index < -0.39 is 0 Å². The highest BCUT2D eigenvalue weighted by Gasteiger charge is 2.50. The van der Waals surface area contributed by atoms with Crippen LogP contribution < -0.4 is 4.74 Å². The van der Waals surface area contributed by atoms with E-state index in [4.69, 9.17) is 21.4 Å². The Morgan fingerprint density at radius 1 is 1.00 bits per heavy atom. The van der Waals surface area contributed by atoms with Crippen molar-refractivity contribution in [2.75, 3.05) is 7.11 Å². The molecule has 0 radical (unpaired) electrons.